The summed E-state index contributed by atoms with van der Waals surface area (Å²) in [5, 5.41) is 2.79. The number of carbonyl (C=O) groups excluding carboxylic acids is 1. The molecule has 0 saturated heterocycles. The molecule has 20 heavy (non-hydrogen) atoms. The topological polar surface area (TPSA) is 64.3 Å². The summed E-state index contributed by atoms with van der Waals surface area (Å²) in [5.74, 6) is -0.380. The normalized spacial score (nSPS) is 13.9. The molecule has 112 valence electrons. The van der Waals surface area contributed by atoms with Crippen LogP contribution < -0.4 is 15.8 Å². The Morgan fingerprint density at radius 1 is 1.35 bits per heavy atom. The first-order valence-corrected chi connectivity index (χ1v) is 6.78. The maximum absolute atomic E-state index is 13.7. The van der Waals surface area contributed by atoms with E-state index in [2.05, 4.69) is 5.32 Å². The van der Waals surface area contributed by atoms with E-state index in [4.69, 9.17) is 10.5 Å². The van der Waals surface area contributed by atoms with Crippen LogP contribution in [-0.4, -0.2) is 18.6 Å². The van der Waals surface area contributed by atoms with Crippen LogP contribution in [0.5, 0.6) is 5.75 Å². The highest BCUT2D eigenvalue weighted by Gasteiger charge is 2.13. The minimum absolute atomic E-state index is 0.0522. The maximum atomic E-state index is 13.7. The van der Waals surface area contributed by atoms with E-state index in [1.165, 1.54) is 12.1 Å². The van der Waals surface area contributed by atoms with E-state index in [-0.39, 0.29) is 30.3 Å². The van der Waals surface area contributed by atoms with Crippen molar-refractivity contribution < 1.29 is 13.9 Å². The Morgan fingerprint density at radius 2 is 2.00 bits per heavy atom. The summed E-state index contributed by atoms with van der Waals surface area (Å²) in [7, 11) is 0. The smallest absolute Gasteiger partial charge is 0.258 e. The van der Waals surface area contributed by atoms with Crippen LogP contribution in [0.4, 0.5) is 4.39 Å². The van der Waals surface area contributed by atoms with E-state index in [9.17, 15) is 9.18 Å². The van der Waals surface area contributed by atoms with Crippen molar-refractivity contribution in [3.05, 3.63) is 29.6 Å². The highest BCUT2D eigenvalue weighted by Crippen LogP contribution is 2.21. The van der Waals surface area contributed by atoms with Gasteiger partial charge in [-0.3, -0.25) is 4.79 Å². The van der Waals surface area contributed by atoms with Gasteiger partial charge in [0.2, 0.25) is 0 Å². The molecule has 0 aliphatic rings. The van der Waals surface area contributed by atoms with Crippen molar-refractivity contribution >= 4 is 5.91 Å². The molecule has 1 rings (SSSR count). The van der Waals surface area contributed by atoms with Gasteiger partial charge in [0, 0.05) is 12.1 Å². The highest BCUT2D eigenvalue weighted by atomic mass is 19.1. The molecule has 0 saturated carbocycles. The van der Waals surface area contributed by atoms with Gasteiger partial charge in [0.15, 0.2) is 18.2 Å². The average molecular weight is 282 g/mol. The lowest BCUT2D eigenvalue weighted by molar-refractivity contribution is -0.124. The average Bonchev–Trinajstić information content (AvgIpc) is 2.36. The van der Waals surface area contributed by atoms with Crippen LogP contribution in [0.3, 0.4) is 0 Å². The third-order valence-corrected chi connectivity index (χ3v) is 3.23. The van der Waals surface area contributed by atoms with Crippen LogP contribution >= 0.6 is 0 Å². The first-order valence-electron chi connectivity index (χ1n) is 6.78. The lowest BCUT2D eigenvalue weighted by Crippen LogP contribution is -2.39. The molecule has 0 radical (unpaired) electrons. The van der Waals surface area contributed by atoms with Crippen LogP contribution in [0.2, 0.25) is 0 Å². The second-order valence-electron chi connectivity index (χ2n) is 5.37. The Bertz CT molecular complexity index is 461. The van der Waals surface area contributed by atoms with Crippen molar-refractivity contribution in [2.75, 3.05) is 6.61 Å². The number of rotatable bonds is 6. The van der Waals surface area contributed by atoms with Gasteiger partial charge in [0.05, 0.1) is 0 Å². The SMILES string of the molecule is CC(C)C(C)NC(=O)COc1ccc([C@H](C)N)cc1F. The second-order valence-corrected chi connectivity index (χ2v) is 5.37. The minimum Gasteiger partial charge on any atom is -0.481 e. The molecule has 3 N–H and O–H groups in total. The molecule has 0 aliphatic heterocycles. The van der Waals surface area contributed by atoms with Gasteiger partial charge in [-0.25, -0.2) is 4.39 Å². The van der Waals surface area contributed by atoms with Crippen molar-refractivity contribution in [2.45, 2.75) is 39.8 Å². The number of ether oxygens (including phenoxy) is 1. The van der Waals surface area contributed by atoms with E-state index in [1.807, 2.05) is 20.8 Å². The molecule has 0 fully saturated rings. The Balaban J connectivity index is 2.56. The van der Waals surface area contributed by atoms with Gasteiger partial charge in [0.25, 0.3) is 5.91 Å². The van der Waals surface area contributed by atoms with Crippen LogP contribution in [-0.2, 0) is 4.79 Å². The molecule has 4 nitrogen and oxygen atoms in total. The van der Waals surface area contributed by atoms with Crippen molar-refractivity contribution in [3.8, 4) is 5.75 Å². The fourth-order valence-electron chi connectivity index (χ4n) is 1.52. The van der Waals surface area contributed by atoms with Gasteiger partial charge in [-0.2, -0.15) is 0 Å². The number of benzene rings is 1. The molecule has 2 atom stereocenters. The van der Waals surface area contributed by atoms with Gasteiger partial charge in [-0.05, 0) is 37.5 Å². The summed E-state index contributed by atoms with van der Waals surface area (Å²) in [4.78, 5) is 11.6. The number of nitrogens with two attached hydrogens (primary N) is 1. The van der Waals surface area contributed by atoms with Crippen LogP contribution in [0.15, 0.2) is 18.2 Å². The van der Waals surface area contributed by atoms with Gasteiger partial charge >= 0.3 is 0 Å². The second kappa shape index (κ2) is 7.24. The van der Waals surface area contributed by atoms with Crippen molar-refractivity contribution in [3.63, 3.8) is 0 Å². The molecular weight excluding hydrogens is 259 g/mol. The number of hydrogen-bond donors (Lipinski definition) is 2. The molecule has 0 spiro atoms. The zero-order valence-corrected chi connectivity index (χ0v) is 12.4. The van der Waals surface area contributed by atoms with Gasteiger partial charge in [-0.1, -0.05) is 19.9 Å². The van der Waals surface area contributed by atoms with Crippen molar-refractivity contribution in [2.24, 2.45) is 11.7 Å². The molecule has 5 heteroatoms. The van der Waals surface area contributed by atoms with Crippen molar-refractivity contribution in [1.82, 2.24) is 5.32 Å². The first kappa shape index (κ1) is 16.4. The molecular formula is C15H23FN2O2. The largest absolute Gasteiger partial charge is 0.481 e. The van der Waals surface area contributed by atoms with Gasteiger partial charge in [0.1, 0.15) is 0 Å². The molecule has 0 bridgehead atoms. The molecule has 1 aromatic rings. The monoisotopic (exact) mass is 282 g/mol. The van der Waals surface area contributed by atoms with Crippen molar-refractivity contribution in [1.29, 1.82) is 0 Å². The minimum atomic E-state index is -0.510. The van der Waals surface area contributed by atoms with Crippen LogP contribution in [0, 0.1) is 11.7 Å². The number of halogens is 1. The number of hydrogen-bond acceptors (Lipinski definition) is 3. The molecule has 0 aliphatic carbocycles. The predicted molar refractivity (Wildman–Crippen MR) is 76.9 cm³/mol. The summed E-state index contributed by atoms with van der Waals surface area (Å²) in [6.07, 6.45) is 0. The summed E-state index contributed by atoms with van der Waals surface area (Å²) >= 11 is 0. The molecule has 0 aromatic heterocycles. The van der Waals surface area contributed by atoms with E-state index in [1.54, 1.807) is 13.0 Å². The summed E-state index contributed by atoms with van der Waals surface area (Å²) in [5.41, 5.74) is 6.35. The summed E-state index contributed by atoms with van der Waals surface area (Å²) < 4.78 is 18.9. The Kier molecular flexibility index (Phi) is 5.95. The lowest BCUT2D eigenvalue weighted by Gasteiger charge is -2.17. The Labute approximate surface area is 119 Å². The van der Waals surface area contributed by atoms with E-state index in [0.717, 1.165) is 0 Å². The number of amides is 1. The molecule has 0 heterocycles. The van der Waals surface area contributed by atoms with Crippen LogP contribution in [0.25, 0.3) is 0 Å². The Hall–Kier alpha value is -1.62. The van der Waals surface area contributed by atoms with Gasteiger partial charge in [-0.15, -0.1) is 0 Å². The number of nitrogens with one attached hydrogen (secondary N) is 1. The molecule has 1 aromatic carbocycles. The maximum Gasteiger partial charge on any atom is 0.258 e. The van der Waals surface area contributed by atoms with E-state index < -0.39 is 5.82 Å². The first-order chi connectivity index (χ1) is 9.31. The zero-order chi connectivity index (χ0) is 15.3. The van der Waals surface area contributed by atoms with E-state index in [0.29, 0.717) is 11.5 Å². The summed E-state index contributed by atoms with van der Waals surface area (Å²) in [6.45, 7) is 7.51. The predicted octanol–water partition coefficient (Wildman–Crippen LogP) is 2.38. The van der Waals surface area contributed by atoms with Gasteiger partial charge < -0.3 is 15.8 Å². The lowest BCUT2D eigenvalue weighted by atomic mass is 10.1. The fourth-order valence-corrected chi connectivity index (χ4v) is 1.52. The zero-order valence-electron chi connectivity index (χ0n) is 12.4. The number of carbonyl (C=O) groups is 1. The summed E-state index contributed by atoms with van der Waals surface area (Å²) in [6, 6.07) is 4.32. The third-order valence-electron chi connectivity index (χ3n) is 3.23. The van der Waals surface area contributed by atoms with E-state index >= 15 is 0 Å². The third kappa shape index (κ3) is 4.81. The Morgan fingerprint density at radius 3 is 2.50 bits per heavy atom. The fraction of sp³-hybridized carbons (Fsp3) is 0.533. The van der Waals surface area contributed by atoms with Crippen LogP contribution in [0.1, 0.15) is 39.3 Å². The highest BCUT2D eigenvalue weighted by molar-refractivity contribution is 5.77. The molecule has 1 unspecified atom stereocenters. The standard InChI is InChI=1S/C15H23FN2O2/c1-9(2)11(4)18-15(19)8-20-14-6-5-12(10(3)17)7-13(14)16/h5-7,9-11H,8,17H2,1-4H3,(H,18,19)/t10-,11?/m0/s1. The molecule has 1 amide bonds. The quantitative estimate of drug-likeness (QED) is 0.842.